The summed E-state index contributed by atoms with van der Waals surface area (Å²) in [6.45, 7) is 1.53. The van der Waals surface area contributed by atoms with E-state index in [1.54, 1.807) is 56.7 Å². The largest absolute Gasteiger partial charge is 0.497 e. The number of benzene rings is 2. The van der Waals surface area contributed by atoms with Crippen molar-refractivity contribution >= 4 is 28.9 Å². The van der Waals surface area contributed by atoms with Crippen molar-refractivity contribution in [1.29, 1.82) is 0 Å². The predicted molar refractivity (Wildman–Crippen MR) is 102 cm³/mol. The Labute approximate surface area is 156 Å². The van der Waals surface area contributed by atoms with Gasteiger partial charge in [0.25, 0.3) is 0 Å². The molecule has 3 aromatic rings. The second kappa shape index (κ2) is 8.13. The lowest BCUT2D eigenvalue weighted by atomic mass is 10.1. The molecule has 0 aliphatic rings. The molecule has 3 rings (SSSR count). The number of nitrogens with zero attached hydrogens (tertiary/aromatic N) is 3. The number of aromatic nitrogens is 3. The van der Waals surface area contributed by atoms with Crippen LogP contribution in [0.1, 0.15) is 17.3 Å². The number of carbonyl (C=O) groups excluding carboxylic acids is 1. The molecule has 0 atom stereocenters. The van der Waals surface area contributed by atoms with Crippen molar-refractivity contribution in [3.8, 4) is 11.5 Å². The Balaban J connectivity index is 1.78. The summed E-state index contributed by atoms with van der Waals surface area (Å²) in [4.78, 5) is 15.7. The van der Waals surface area contributed by atoms with Gasteiger partial charge in [-0.1, -0.05) is 0 Å². The van der Waals surface area contributed by atoms with Crippen LogP contribution in [0.2, 0.25) is 0 Å². The fourth-order valence-corrected chi connectivity index (χ4v) is 2.38. The van der Waals surface area contributed by atoms with E-state index in [9.17, 15) is 4.79 Å². The smallest absolute Gasteiger partial charge is 0.249 e. The highest BCUT2D eigenvalue weighted by molar-refractivity contribution is 5.94. The summed E-state index contributed by atoms with van der Waals surface area (Å²) in [6, 6.07) is 12.4. The number of anilines is 4. The SMILES string of the molecule is COc1ccc(OC)c(Nc2cnnc(Nc3ccc(C(C)=O)cc3)n2)c1. The molecule has 0 amide bonds. The van der Waals surface area contributed by atoms with E-state index in [-0.39, 0.29) is 5.78 Å². The molecular weight excluding hydrogens is 346 g/mol. The molecule has 0 aliphatic heterocycles. The van der Waals surface area contributed by atoms with Gasteiger partial charge in [-0.05, 0) is 43.3 Å². The van der Waals surface area contributed by atoms with Gasteiger partial charge in [0, 0.05) is 17.3 Å². The van der Waals surface area contributed by atoms with Crippen molar-refractivity contribution in [2.45, 2.75) is 6.92 Å². The summed E-state index contributed by atoms with van der Waals surface area (Å²) in [7, 11) is 3.18. The lowest BCUT2D eigenvalue weighted by Gasteiger charge is -2.12. The lowest BCUT2D eigenvalue weighted by Crippen LogP contribution is -2.03. The number of ketones is 1. The highest BCUT2D eigenvalue weighted by Gasteiger charge is 2.08. The summed E-state index contributed by atoms with van der Waals surface area (Å²) in [6.07, 6.45) is 1.50. The number of ether oxygens (including phenoxy) is 2. The van der Waals surface area contributed by atoms with Crippen LogP contribution in [0.5, 0.6) is 11.5 Å². The number of Topliss-reactive ketones (excluding diaryl/α,β-unsaturated/α-hetero) is 1. The zero-order valence-electron chi connectivity index (χ0n) is 15.2. The fourth-order valence-electron chi connectivity index (χ4n) is 2.38. The first kappa shape index (κ1) is 18.1. The minimum absolute atomic E-state index is 0.0119. The van der Waals surface area contributed by atoms with E-state index in [0.717, 1.165) is 5.69 Å². The van der Waals surface area contributed by atoms with Gasteiger partial charge in [-0.2, -0.15) is 10.1 Å². The zero-order chi connectivity index (χ0) is 19.2. The van der Waals surface area contributed by atoms with E-state index in [0.29, 0.717) is 34.5 Å². The van der Waals surface area contributed by atoms with Crippen LogP contribution in [0.15, 0.2) is 48.7 Å². The van der Waals surface area contributed by atoms with Gasteiger partial charge in [0.1, 0.15) is 11.5 Å². The van der Waals surface area contributed by atoms with Crippen LogP contribution in [0.4, 0.5) is 23.1 Å². The molecule has 27 heavy (non-hydrogen) atoms. The van der Waals surface area contributed by atoms with Gasteiger partial charge in [0.2, 0.25) is 5.95 Å². The summed E-state index contributed by atoms with van der Waals surface area (Å²) < 4.78 is 10.6. The first-order chi connectivity index (χ1) is 13.1. The number of hydrogen-bond donors (Lipinski definition) is 2. The molecule has 2 N–H and O–H groups in total. The molecule has 138 valence electrons. The zero-order valence-corrected chi connectivity index (χ0v) is 15.2. The maximum atomic E-state index is 11.3. The molecule has 1 aromatic heterocycles. The quantitative estimate of drug-likeness (QED) is 0.613. The van der Waals surface area contributed by atoms with E-state index >= 15 is 0 Å². The second-order valence-corrected chi connectivity index (χ2v) is 5.61. The molecule has 1 heterocycles. The van der Waals surface area contributed by atoms with Crippen molar-refractivity contribution < 1.29 is 14.3 Å². The van der Waals surface area contributed by atoms with Gasteiger partial charge in [-0.15, -0.1) is 5.10 Å². The summed E-state index contributed by atoms with van der Waals surface area (Å²) >= 11 is 0. The van der Waals surface area contributed by atoms with Gasteiger partial charge in [-0.25, -0.2) is 0 Å². The van der Waals surface area contributed by atoms with E-state index in [1.165, 1.54) is 13.1 Å². The maximum absolute atomic E-state index is 11.3. The summed E-state index contributed by atoms with van der Waals surface area (Å²) in [5.74, 6) is 2.14. The Bertz CT molecular complexity index is 944. The highest BCUT2D eigenvalue weighted by atomic mass is 16.5. The van der Waals surface area contributed by atoms with Crippen molar-refractivity contribution in [2.75, 3.05) is 24.9 Å². The molecule has 8 heteroatoms. The third-order valence-corrected chi connectivity index (χ3v) is 3.78. The number of nitrogens with one attached hydrogen (secondary N) is 2. The molecule has 0 saturated carbocycles. The average molecular weight is 365 g/mol. The Kier molecular flexibility index (Phi) is 5.46. The first-order valence-corrected chi connectivity index (χ1v) is 8.16. The number of methoxy groups -OCH3 is 2. The van der Waals surface area contributed by atoms with Crippen molar-refractivity contribution in [3.05, 3.63) is 54.2 Å². The monoisotopic (exact) mass is 365 g/mol. The van der Waals surface area contributed by atoms with Gasteiger partial charge in [-0.3, -0.25) is 4.79 Å². The molecule has 0 saturated heterocycles. The van der Waals surface area contributed by atoms with Gasteiger partial charge >= 0.3 is 0 Å². The predicted octanol–water partition coefficient (Wildman–Crippen LogP) is 3.58. The van der Waals surface area contributed by atoms with E-state index in [2.05, 4.69) is 25.8 Å². The van der Waals surface area contributed by atoms with E-state index < -0.39 is 0 Å². The molecule has 0 radical (unpaired) electrons. The Morgan fingerprint density at radius 2 is 1.78 bits per heavy atom. The summed E-state index contributed by atoms with van der Waals surface area (Å²) in [5, 5.41) is 14.1. The van der Waals surface area contributed by atoms with E-state index in [1.807, 2.05) is 0 Å². The van der Waals surface area contributed by atoms with Crippen LogP contribution in [-0.4, -0.2) is 35.2 Å². The van der Waals surface area contributed by atoms with Crippen molar-refractivity contribution in [2.24, 2.45) is 0 Å². The summed E-state index contributed by atoms with van der Waals surface area (Å²) in [5.41, 5.74) is 2.08. The number of rotatable bonds is 7. The van der Waals surface area contributed by atoms with Crippen LogP contribution in [0, 0.1) is 0 Å². The molecule has 8 nitrogen and oxygen atoms in total. The fraction of sp³-hybridized carbons (Fsp3) is 0.158. The number of hydrogen-bond acceptors (Lipinski definition) is 8. The topological polar surface area (TPSA) is 98.3 Å². The van der Waals surface area contributed by atoms with Crippen LogP contribution in [0.3, 0.4) is 0 Å². The average Bonchev–Trinajstić information content (AvgIpc) is 2.68. The molecule has 2 aromatic carbocycles. The lowest BCUT2D eigenvalue weighted by molar-refractivity contribution is 0.101. The molecule has 0 bridgehead atoms. The van der Waals surface area contributed by atoms with Gasteiger partial charge in [0.05, 0.1) is 26.1 Å². The van der Waals surface area contributed by atoms with Crippen LogP contribution >= 0.6 is 0 Å². The second-order valence-electron chi connectivity index (χ2n) is 5.61. The molecule has 0 spiro atoms. The molecule has 0 aliphatic carbocycles. The van der Waals surface area contributed by atoms with Crippen LogP contribution in [0.25, 0.3) is 0 Å². The Hall–Kier alpha value is -3.68. The third-order valence-electron chi connectivity index (χ3n) is 3.78. The minimum atomic E-state index is 0.0119. The van der Waals surface area contributed by atoms with Crippen LogP contribution < -0.4 is 20.1 Å². The van der Waals surface area contributed by atoms with Gasteiger partial charge < -0.3 is 20.1 Å². The van der Waals surface area contributed by atoms with Crippen molar-refractivity contribution in [1.82, 2.24) is 15.2 Å². The Morgan fingerprint density at radius 3 is 2.44 bits per heavy atom. The van der Waals surface area contributed by atoms with Crippen molar-refractivity contribution in [3.63, 3.8) is 0 Å². The molecule has 0 fully saturated rings. The molecular formula is C19H19N5O3. The highest BCUT2D eigenvalue weighted by Crippen LogP contribution is 2.31. The minimum Gasteiger partial charge on any atom is -0.497 e. The molecule has 0 unspecified atom stereocenters. The number of carbonyl (C=O) groups is 1. The first-order valence-electron chi connectivity index (χ1n) is 8.16. The Morgan fingerprint density at radius 1 is 1.00 bits per heavy atom. The third kappa shape index (κ3) is 4.49. The van der Waals surface area contributed by atoms with E-state index in [4.69, 9.17) is 9.47 Å². The van der Waals surface area contributed by atoms with Gasteiger partial charge in [0.15, 0.2) is 11.6 Å². The maximum Gasteiger partial charge on any atom is 0.249 e. The standard InChI is InChI=1S/C19H19N5O3/c1-12(25)13-4-6-14(7-5-13)21-19-23-18(11-20-24-19)22-16-10-15(26-2)8-9-17(16)27-3/h4-11H,1-3H3,(H2,21,22,23,24). The van der Waals surface area contributed by atoms with Crippen LogP contribution in [-0.2, 0) is 0 Å². The normalized spacial score (nSPS) is 10.2.